The van der Waals surface area contributed by atoms with Gasteiger partial charge in [0.1, 0.15) is 5.75 Å². The van der Waals surface area contributed by atoms with Gasteiger partial charge in [0, 0.05) is 13.1 Å². The number of hydrogen-bond acceptors (Lipinski definition) is 2. The van der Waals surface area contributed by atoms with E-state index in [1.165, 1.54) is 17.0 Å². The molecule has 1 rings (SSSR count). The molecule has 0 saturated heterocycles. The standard InChI is InChI=1S/C15H16F3NO2/c1-3-8-19(9-4-2)14(20)11-21-13-7-5-6-12(10-13)15(16,17)18/h3-7,10H,1-2,8-9,11H2. The summed E-state index contributed by atoms with van der Waals surface area (Å²) in [5.74, 6) is -0.359. The van der Waals surface area contributed by atoms with Crippen molar-refractivity contribution in [1.29, 1.82) is 0 Å². The number of halogens is 3. The van der Waals surface area contributed by atoms with Gasteiger partial charge >= 0.3 is 6.18 Å². The van der Waals surface area contributed by atoms with Gasteiger partial charge in [-0.2, -0.15) is 13.2 Å². The van der Waals surface area contributed by atoms with Crippen LogP contribution in [-0.4, -0.2) is 30.5 Å². The van der Waals surface area contributed by atoms with Crippen molar-refractivity contribution in [3.05, 3.63) is 55.1 Å². The van der Waals surface area contributed by atoms with Gasteiger partial charge in [0.2, 0.25) is 0 Å². The molecule has 0 bridgehead atoms. The van der Waals surface area contributed by atoms with Crippen LogP contribution in [0.25, 0.3) is 0 Å². The molecule has 0 unspecified atom stereocenters. The first-order valence-electron chi connectivity index (χ1n) is 6.18. The maximum absolute atomic E-state index is 12.5. The first-order valence-corrected chi connectivity index (χ1v) is 6.18. The van der Waals surface area contributed by atoms with Gasteiger partial charge in [-0.15, -0.1) is 13.2 Å². The molecule has 0 aliphatic heterocycles. The summed E-state index contributed by atoms with van der Waals surface area (Å²) in [5.41, 5.74) is -0.818. The van der Waals surface area contributed by atoms with Crippen LogP contribution in [0.2, 0.25) is 0 Å². The average molecular weight is 299 g/mol. The number of hydrogen-bond donors (Lipinski definition) is 0. The first kappa shape index (κ1) is 16.8. The molecular weight excluding hydrogens is 283 g/mol. The summed E-state index contributed by atoms with van der Waals surface area (Å²) in [7, 11) is 0. The predicted octanol–water partition coefficient (Wildman–Crippen LogP) is 3.28. The number of amides is 1. The third kappa shape index (κ3) is 5.33. The number of ether oxygens (including phenoxy) is 1. The van der Waals surface area contributed by atoms with Gasteiger partial charge < -0.3 is 9.64 Å². The van der Waals surface area contributed by atoms with Gasteiger partial charge in [-0.3, -0.25) is 4.79 Å². The van der Waals surface area contributed by atoms with Crippen LogP contribution in [0.15, 0.2) is 49.6 Å². The minimum Gasteiger partial charge on any atom is -0.484 e. The van der Waals surface area contributed by atoms with E-state index in [0.717, 1.165) is 12.1 Å². The van der Waals surface area contributed by atoms with E-state index >= 15 is 0 Å². The molecule has 0 saturated carbocycles. The number of rotatable bonds is 7. The Morgan fingerprint density at radius 1 is 1.24 bits per heavy atom. The fraction of sp³-hybridized carbons (Fsp3) is 0.267. The van der Waals surface area contributed by atoms with Crippen molar-refractivity contribution in [3.8, 4) is 5.75 Å². The first-order chi connectivity index (χ1) is 9.88. The predicted molar refractivity (Wildman–Crippen MR) is 73.9 cm³/mol. The highest BCUT2D eigenvalue weighted by atomic mass is 19.4. The van der Waals surface area contributed by atoms with E-state index in [2.05, 4.69) is 13.2 Å². The van der Waals surface area contributed by atoms with Crippen LogP contribution in [0, 0.1) is 0 Å². The smallest absolute Gasteiger partial charge is 0.416 e. The number of carbonyl (C=O) groups excluding carboxylic acids is 1. The van der Waals surface area contributed by atoms with Crippen molar-refractivity contribution in [2.24, 2.45) is 0 Å². The van der Waals surface area contributed by atoms with Gasteiger partial charge in [0.25, 0.3) is 5.91 Å². The molecule has 3 nitrogen and oxygen atoms in total. The van der Waals surface area contributed by atoms with Crippen molar-refractivity contribution in [3.63, 3.8) is 0 Å². The van der Waals surface area contributed by atoms with E-state index in [1.54, 1.807) is 12.2 Å². The molecular formula is C15H16F3NO2. The molecule has 21 heavy (non-hydrogen) atoms. The molecule has 0 atom stereocenters. The second kappa shape index (κ2) is 7.52. The van der Waals surface area contributed by atoms with Crippen LogP contribution in [0.4, 0.5) is 13.2 Å². The number of carbonyl (C=O) groups is 1. The highest BCUT2D eigenvalue weighted by Gasteiger charge is 2.30. The van der Waals surface area contributed by atoms with Crippen molar-refractivity contribution in [2.75, 3.05) is 19.7 Å². The minimum absolute atomic E-state index is 0.00432. The molecule has 114 valence electrons. The molecule has 0 aromatic heterocycles. The molecule has 0 aliphatic carbocycles. The zero-order chi connectivity index (χ0) is 15.9. The lowest BCUT2D eigenvalue weighted by atomic mass is 10.2. The maximum atomic E-state index is 12.5. The Labute approximate surface area is 121 Å². The second-order valence-corrected chi connectivity index (χ2v) is 4.19. The van der Waals surface area contributed by atoms with Gasteiger partial charge in [-0.05, 0) is 18.2 Å². The topological polar surface area (TPSA) is 29.5 Å². The van der Waals surface area contributed by atoms with Crippen LogP contribution in [0.3, 0.4) is 0 Å². The monoisotopic (exact) mass is 299 g/mol. The number of nitrogens with zero attached hydrogens (tertiary/aromatic N) is 1. The summed E-state index contributed by atoms with van der Waals surface area (Å²) < 4.78 is 42.7. The Morgan fingerprint density at radius 3 is 2.38 bits per heavy atom. The molecule has 0 aliphatic rings. The molecule has 0 N–H and O–H groups in total. The summed E-state index contributed by atoms with van der Waals surface area (Å²) >= 11 is 0. The van der Waals surface area contributed by atoms with Gasteiger partial charge in [0.15, 0.2) is 6.61 Å². The van der Waals surface area contributed by atoms with Crippen LogP contribution in [0.5, 0.6) is 5.75 Å². The normalized spacial score (nSPS) is 10.8. The van der Waals surface area contributed by atoms with Crippen molar-refractivity contribution >= 4 is 5.91 Å². The summed E-state index contributed by atoms with van der Waals surface area (Å²) in [5, 5.41) is 0. The minimum atomic E-state index is -4.44. The zero-order valence-electron chi connectivity index (χ0n) is 11.4. The summed E-state index contributed by atoms with van der Waals surface area (Å²) in [6.45, 7) is 7.34. The SMILES string of the molecule is C=CCN(CC=C)C(=O)COc1cccc(C(F)(F)F)c1. The highest BCUT2D eigenvalue weighted by molar-refractivity contribution is 5.78. The Bertz CT molecular complexity index is 502. The van der Waals surface area contributed by atoms with Crippen LogP contribution in [0.1, 0.15) is 5.56 Å². The second-order valence-electron chi connectivity index (χ2n) is 4.19. The van der Waals surface area contributed by atoms with E-state index in [1.807, 2.05) is 0 Å². The van der Waals surface area contributed by atoms with Crippen LogP contribution >= 0.6 is 0 Å². The van der Waals surface area contributed by atoms with E-state index in [9.17, 15) is 18.0 Å². The van der Waals surface area contributed by atoms with Crippen molar-refractivity contribution in [1.82, 2.24) is 4.90 Å². The number of alkyl halides is 3. The fourth-order valence-corrected chi connectivity index (χ4v) is 1.59. The fourth-order valence-electron chi connectivity index (χ4n) is 1.59. The van der Waals surface area contributed by atoms with Crippen molar-refractivity contribution in [2.45, 2.75) is 6.18 Å². The van der Waals surface area contributed by atoms with E-state index in [-0.39, 0.29) is 18.3 Å². The van der Waals surface area contributed by atoms with E-state index < -0.39 is 11.7 Å². The molecule has 0 heterocycles. The Kier molecular flexibility index (Phi) is 6.02. The average Bonchev–Trinajstić information content (AvgIpc) is 2.44. The summed E-state index contributed by atoms with van der Waals surface area (Å²) in [6.07, 6.45) is -1.35. The Hall–Kier alpha value is -2.24. The Balaban J connectivity index is 2.68. The lowest BCUT2D eigenvalue weighted by Crippen LogP contribution is -2.35. The summed E-state index contributed by atoms with van der Waals surface area (Å²) in [6, 6.07) is 4.40. The van der Waals surface area contributed by atoms with Gasteiger partial charge in [-0.25, -0.2) is 0 Å². The zero-order valence-corrected chi connectivity index (χ0v) is 11.4. The molecule has 1 aromatic carbocycles. The molecule has 0 fully saturated rings. The molecule has 0 radical (unpaired) electrons. The van der Waals surface area contributed by atoms with Crippen LogP contribution < -0.4 is 4.74 Å². The third-order valence-corrected chi connectivity index (χ3v) is 2.58. The molecule has 1 amide bonds. The van der Waals surface area contributed by atoms with Gasteiger partial charge in [0.05, 0.1) is 5.56 Å². The molecule has 1 aromatic rings. The van der Waals surface area contributed by atoms with Crippen LogP contribution in [-0.2, 0) is 11.0 Å². The highest BCUT2D eigenvalue weighted by Crippen LogP contribution is 2.31. The lowest BCUT2D eigenvalue weighted by Gasteiger charge is -2.19. The van der Waals surface area contributed by atoms with E-state index in [0.29, 0.717) is 13.1 Å². The molecule has 0 spiro atoms. The van der Waals surface area contributed by atoms with E-state index in [4.69, 9.17) is 4.74 Å². The maximum Gasteiger partial charge on any atom is 0.416 e. The van der Waals surface area contributed by atoms with Gasteiger partial charge in [-0.1, -0.05) is 18.2 Å². The quantitative estimate of drug-likeness (QED) is 0.723. The third-order valence-electron chi connectivity index (χ3n) is 2.58. The lowest BCUT2D eigenvalue weighted by molar-refractivity contribution is -0.137. The molecule has 6 heteroatoms. The number of benzene rings is 1. The Morgan fingerprint density at radius 2 is 1.86 bits per heavy atom. The largest absolute Gasteiger partial charge is 0.484 e. The van der Waals surface area contributed by atoms with Crippen molar-refractivity contribution < 1.29 is 22.7 Å². The summed E-state index contributed by atoms with van der Waals surface area (Å²) in [4.78, 5) is 13.3.